The number of halogens is 1. The Balaban J connectivity index is 1.62. The zero-order chi connectivity index (χ0) is 23.4. The largest absolute Gasteiger partial charge is 0.497 e. The topological polar surface area (TPSA) is 85.2 Å². The Morgan fingerprint density at radius 2 is 1.88 bits per heavy atom. The fourth-order valence-electron chi connectivity index (χ4n) is 3.74. The quantitative estimate of drug-likeness (QED) is 0.404. The van der Waals surface area contributed by atoms with E-state index in [0.29, 0.717) is 34.1 Å². The maximum absolute atomic E-state index is 13.3. The molecule has 0 aliphatic carbocycles. The third kappa shape index (κ3) is 4.89. The lowest BCUT2D eigenvalue weighted by Gasteiger charge is -2.09. The van der Waals surface area contributed by atoms with E-state index < -0.39 is 0 Å². The third-order valence-corrected chi connectivity index (χ3v) is 5.65. The SMILES string of the molecule is COc1ccc2c(c1)c(CC(=O)NNCc1ccccn1)c(C)n2C(=O)c1ccc(Cl)cc1. The Labute approximate surface area is 196 Å². The van der Waals surface area contributed by atoms with Gasteiger partial charge in [-0.1, -0.05) is 17.7 Å². The summed E-state index contributed by atoms with van der Waals surface area (Å²) in [6.45, 7) is 2.24. The molecule has 168 valence electrons. The van der Waals surface area contributed by atoms with Crippen LogP contribution in [0.15, 0.2) is 66.9 Å². The molecular weight excluding hydrogens is 440 g/mol. The molecule has 0 unspecified atom stereocenters. The van der Waals surface area contributed by atoms with Gasteiger partial charge < -0.3 is 4.74 Å². The number of ether oxygens (including phenoxy) is 1. The molecule has 0 atom stereocenters. The second-order valence-electron chi connectivity index (χ2n) is 7.49. The number of fused-ring (bicyclic) bond motifs is 1. The first-order chi connectivity index (χ1) is 16.0. The molecule has 0 aliphatic heterocycles. The number of hydrogen-bond donors (Lipinski definition) is 2. The zero-order valence-corrected chi connectivity index (χ0v) is 19.0. The van der Waals surface area contributed by atoms with Crippen LogP contribution in [-0.4, -0.2) is 28.5 Å². The first kappa shape index (κ1) is 22.5. The van der Waals surface area contributed by atoms with Crippen molar-refractivity contribution in [3.05, 3.63) is 94.4 Å². The number of nitrogens with zero attached hydrogens (tertiary/aromatic N) is 2. The molecule has 0 radical (unpaired) electrons. The van der Waals surface area contributed by atoms with Gasteiger partial charge in [0.15, 0.2) is 0 Å². The number of aromatic nitrogens is 2. The van der Waals surface area contributed by atoms with Gasteiger partial charge in [0.2, 0.25) is 5.91 Å². The first-order valence-corrected chi connectivity index (χ1v) is 10.8. The molecule has 0 saturated heterocycles. The van der Waals surface area contributed by atoms with E-state index in [-0.39, 0.29) is 18.2 Å². The minimum Gasteiger partial charge on any atom is -0.497 e. The van der Waals surface area contributed by atoms with Gasteiger partial charge in [0, 0.05) is 27.9 Å². The smallest absolute Gasteiger partial charge is 0.262 e. The fraction of sp³-hybridized carbons (Fsp3) is 0.160. The third-order valence-electron chi connectivity index (χ3n) is 5.40. The average molecular weight is 463 g/mol. The van der Waals surface area contributed by atoms with Crippen molar-refractivity contribution < 1.29 is 14.3 Å². The molecule has 1 amide bonds. The molecule has 0 spiro atoms. The molecule has 0 fully saturated rings. The molecule has 2 N–H and O–H groups in total. The normalized spacial score (nSPS) is 10.9. The maximum Gasteiger partial charge on any atom is 0.262 e. The van der Waals surface area contributed by atoms with Crippen molar-refractivity contribution in [2.75, 3.05) is 7.11 Å². The number of hydrazine groups is 1. The van der Waals surface area contributed by atoms with E-state index in [1.807, 2.05) is 37.3 Å². The van der Waals surface area contributed by atoms with E-state index in [1.165, 1.54) is 0 Å². The Morgan fingerprint density at radius 3 is 2.58 bits per heavy atom. The maximum atomic E-state index is 13.3. The van der Waals surface area contributed by atoms with Crippen molar-refractivity contribution in [2.45, 2.75) is 19.9 Å². The Bertz CT molecular complexity index is 1300. The predicted molar refractivity (Wildman–Crippen MR) is 127 cm³/mol. The second kappa shape index (κ2) is 9.85. The van der Waals surface area contributed by atoms with Crippen LogP contribution in [0, 0.1) is 6.92 Å². The highest BCUT2D eigenvalue weighted by Crippen LogP contribution is 2.30. The van der Waals surface area contributed by atoms with Gasteiger partial charge in [-0.25, -0.2) is 5.43 Å². The van der Waals surface area contributed by atoms with Gasteiger partial charge in [-0.2, -0.15) is 0 Å². The summed E-state index contributed by atoms with van der Waals surface area (Å²) in [6, 6.07) is 17.8. The highest BCUT2D eigenvalue weighted by Gasteiger charge is 2.22. The van der Waals surface area contributed by atoms with Gasteiger partial charge >= 0.3 is 0 Å². The van der Waals surface area contributed by atoms with Crippen LogP contribution in [0.5, 0.6) is 5.75 Å². The number of nitrogens with one attached hydrogen (secondary N) is 2. The van der Waals surface area contributed by atoms with Gasteiger partial charge in [0.05, 0.1) is 31.3 Å². The Hall–Kier alpha value is -3.68. The summed E-state index contributed by atoms with van der Waals surface area (Å²) in [6.07, 6.45) is 1.79. The predicted octanol–water partition coefficient (Wildman–Crippen LogP) is 4.06. The number of amides is 1. The molecule has 0 saturated carbocycles. The first-order valence-electron chi connectivity index (χ1n) is 10.4. The lowest BCUT2D eigenvalue weighted by molar-refractivity contribution is -0.121. The van der Waals surface area contributed by atoms with Crippen LogP contribution < -0.4 is 15.6 Å². The lowest BCUT2D eigenvalue weighted by Crippen LogP contribution is -2.38. The standard InChI is InChI=1S/C25H23ClN4O3/c1-16-21(14-24(31)29-28-15-19-5-3-4-12-27-19)22-13-20(33-2)10-11-23(22)30(16)25(32)17-6-8-18(26)9-7-17/h3-13,28H,14-15H2,1-2H3,(H,29,31). The molecule has 0 aliphatic rings. The van der Waals surface area contributed by atoms with Gasteiger partial charge in [-0.05, 0) is 67.1 Å². The van der Waals surface area contributed by atoms with E-state index >= 15 is 0 Å². The monoisotopic (exact) mass is 462 g/mol. The van der Waals surface area contributed by atoms with Crippen LogP contribution in [-0.2, 0) is 17.8 Å². The molecule has 8 heteroatoms. The van der Waals surface area contributed by atoms with Crippen LogP contribution >= 0.6 is 11.6 Å². The summed E-state index contributed by atoms with van der Waals surface area (Å²) >= 11 is 5.98. The molecule has 2 aromatic heterocycles. The summed E-state index contributed by atoms with van der Waals surface area (Å²) in [7, 11) is 1.58. The Kier molecular flexibility index (Phi) is 6.72. The van der Waals surface area contributed by atoms with Crippen LogP contribution in [0.3, 0.4) is 0 Å². The van der Waals surface area contributed by atoms with Crippen molar-refractivity contribution in [3.8, 4) is 5.75 Å². The van der Waals surface area contributed by atoms with Crippen LogP contribution in [0.4, 0.5) is 0 Å². The van der Waals surface area contributed by atoms with Crippen LogP contribution in [0.25, 0.3) is 10.9 Å². The molecular formula is C25H23ClN4O3. The average Bonchev–Trinajstić information content (AvgIpc) is 3.10. The molecule has 7 nitrogen and oxygen atoms in total. The highest BCUT2D eigenvalue weighted by molar-refractivity contribution is 6.30. The lowest BCUT2D eigenvalue weighted by atomic mass is 10.1. The fourth-order valence-corrected chi connectivity index (χ4v) is 3.86. The Morgan fingerprint density at radius 1 is 1.09 bits per heavy atom. The molecule has 0 bridgehead atoms. The number of hydrogen-bond acceptors (Lipinski definition) is 5. The zero-order valence-electron chi connectivity index (χ0n) is 18.3. The molecule has 4 rings (SSSR count). The van der Waals surface area contributed by atoms with Gasteiger partial charge in [0.25, 0.3) is 5.91 Å². The van der Waals surface area contributed by atoms with E-state index in [2.05, 4.69) is 15.8 Å². The minimum absolute atomic E-state index is 0.0889. The van der Waals surface area contributed by atoms with Gasteiger partial charge in [-0.3, -0.25) is 24.6 Å². The van der Waals surface area contributed by atoms with Crippen molar-refractivity contribution in [2.24, 2.45) is 0 Å². The molecule has 2 heterocycles. The van der Waals surface area contributed by atoms with Crippen molar-refractivity contribution in [1.82, 2.24) is 20.4 Å². The summed E-state index contributed by atoms with van der Waals surface area (Å²) in [5.41, 5.74) is 9.07. The van der Waals surface area contributed by atoms with E-state index in [4.69, 9.17) is 16.3 Å². The molecule has 33 heavy (non-hydrogen) atoms. The van der Waals surface area contributed by atoms with Crippen LogP contribution in [0.2, 0.25) is 5.02 Å². The van der Waals surface area contributed by atoms with Gasteiger partial charge in [0.1, 0.15) is 5.75 Å². The number of rotatable bonds is 7. The van der Waals surface area contributed by atoms with Crippen molar-refractivity contribution >= 4 is 34.3 Å². The summed E-state index contributed by atoms with van der Waals surface area (Å²) in [5, 5.41) is 1.34. The molecule has 4 aromatic rings. The number of methoxy groups -OCH3 is 1. The number of benzene rings is 2. The number of carbonyl (C=O) groups excluding carboxylic acids is 2. The van der Waals surface area contributed by atoms with Crippen molar-refractivity contribution in [3.63, 3.8) is 0 Å². The minimum atomic E-state index is -0.227. The van der Waals surface area contributed by atoms with E-state index in [1.54, 1.807) is 48.2 Å². The highest BCUT2D eigenvalue weighted by atomic mass is 35.5. The van der Waals surface area contributed by atoms with Gasteiger partial charge in [-0.15, -0.1) is 0 Å². The van der Waals surface area contributed by atoms with Crippen molar-refractivity contribution in [1.29, 1.82) is 0 Å². The number of pyridine rings is 1. The number of carbonyl (C=O) groups is 2. The second-order valence-corrected chi connectivity index (χ2v) is 7.93. The van der Waals surface area contributed by atoms with E-state index in [9.17, 15) is 9.59 Å². The summed E-state index contributed by atoms with van der Waals surface area (Å²) in [4.78, 5) is 30.3. The summed E-state index contributed by atoms with van der Waals surface area (Å²) in [5.74, 6) is 0.225. The molecule has 2 aromatic carbocycles. The van der Waals surface area contributed by atoms with Crippen LogP contribution in [0.1, 0.15) is 27.3 Å². The summed E-state index contributed by atoms with van der Waals surface area (Å²) < 4.78 is 7.00. The van der Waals surface area contributed by atoms with E-state index in [0.717, 1.165) is 16.6 Å².